The maximum Gasteiger partial charge on any atom is 0.315 e. The van der Waals surface area contributed by atoms with Crippen molar-refractivity contribution in [1.82, 2.24) is 14.8 Å². The third-order valence-corrected chi connectivity index (χ3v) is 1.28. The highest BCUT2D eigenvalue weighted by molar-refractivity contribution is 4.91. The molecule has 0 N–H and O–H groups in total. The topological polar surface area (TPSA) is 39.9 Å². The van der Waals surface area contributed by atoms with E-state index in [4.69, 9.17) is 4.74 Å². The van der Waals surface area contributed by atoms with Gasteiger partial charge in [-0.25, -0.2) is 4.68 Å². The van der Waals surface area contributed by atoms with Crippen LogP contribution in [0.2, 0.25) is 0 Å². The fourth-order valence-corrected chi connectivity index (χ4v) is 0.850. The van der Waals surface area contributed by atoms with E-state index in [1.54, 1.807) is 4.68 Å². The highest BCUT2D eigenvalue weighted by atomic mass is 16.5. The number of hydrogen-bond acceptors (Lipinski definition) is 3. The van der Waals surface area contributed by atoms with Crippen molar-refractivity contribution in [2.75, 3.05) is 6.61 Å². The van der Waals surface area contributed by atoms with E-state index in [2.05, 4.69) is 16.4 Å². The molecule has 0 spiro atoms. The summed E-state index contributed by atoms with van der Waals surface area (Å²) in [5.41, 5.74) is 0. The van der Waals surface area contributed by atoms with E-state index in [1.165, 1.54) is 0 Å². The highest BCUT2D eigenvalue weighted by Crippen LogP contribution is 2.09. The minimum atomic E-state index is 0.598. The highest BCUT2D eigenvalue weighted by Gasteiger charge is 2.09. The summed E-state index contributed by atoms with van der Waals surface area (Å²) in [5, 5.41) is 3.81. The maximum atomic E-state index is 5.12. The number of hydrogen-bond donors (Lipinski definition) is 0. The second-order valence-corrected chi connectivity index (χ2v) is 1.92. The summed E-state index contributed by atoms with van der Waals surface area (Å²) in [4.78, 5) is 3.76. The first-order chi connectivity index (χ1) is 4.47. The zero-order chi connectivity index (χ0) is 6.10. The molecule has 0 aromatic carbocycles. The Balaban J connectivity index is 2.39. The summed E-state index contributed by atoms with van der Waals surface area (Å²) in [5.74, 6) is 0. The van der Waals surface area contributed by atoms with Gasteiger partial charge in [-0.3, -0.25) is 0 Å². The van der Waals surface area contributed by atoms with E-state index < -0.39 is 0 Å². The van der Waals surface area contributed by atoms with Gasteiger partial charge in [0.05, 0.1) is 6.61 Å². The number of ether oxygens (including phenoxy) is 1. The molecule has 1 aliphatic heterocycles. The van der Waals surface area contributed by atoms with Gasteiger partial charge < -0.3 is 4.74 Å². The number of aryl methyl sites for hydroxylation is 1. The van der Waals surface area contributed by atoms with E-state index in [1.807, 2.05) is 0 Å². The van der Waals surface area contributed by atoms with Crippen LogP contribution in [0, 0.1) is 6.33 Å². The average molecular weight is 124 g/mol. The number of fused-ring (bicyclic) bond motifs is 1. The zero-order valence-corrected chi connectivity index (χ0v) is 4.87. The minimum Gasteiger partial charge on any atom is -0.464 e. The molecule has 0 saturated heterocycles. The van der Waals surface area contributed by atoms with Crippen LogP contribution in [-0.4, -0.2) is 21.4 Å². The molecule has 1 radical (unpaired) electrons. The predicted octanol–water partition coefficient (Wildman–Crippen LogP) is -0.139. The molecule has 0 amide bonds. The molecule has 0 unspecified atom stereocenters. The van der Waals surface area contributed by atoms with E-state index >= 15 is 0 Å². The lowest BCUT2D eigenvalue weighted by Crippen LogP contribution is -2.14. The van der Waals surface area contributed by atoms with Crippen molar-refractivity contribution in [1.29, 1.82) is 0 Å². The molecule has 1 aromatic heterocycles. The molecule has 1 aromatic rings. The second-order valence-electron chi connectivity index (χ2n) is 1.92. The van der Waals surface area contributed by atoms with Crippen molar-refractivity contribution >= 4 is 0 Å². The van der Waals surface area contributed by atoms with Gasteiger partial charge in [-0.2, -0.15) is 4.98 Å². The lowest BCUT2D eigenvalue weighted by atomic mass is 10.4. The normalized spacial score (nSPS) is 16.4. The largest absolute Gasteiger partial charge is 0.464 e. The molecule has 2 rings (SSSR count). The van der Waals surface area contributed by atoms with Crippen molar-refractivity contribution in [2.45, 2.75) is 13.0 Å². The van der Waals surface area contributed by atoms with Crippen molar-refractivity contribution in [3.8, 4) is 6.01 Å². The first-order valence-corrected chi connectivity index (χ1v) is 2.90. The number of aromatic nitrogens is 3. The molecule has 1 aliphatic rings. The van der Waals surface area contributed by atoms with Crippen molar-refractivity contribution in [3.05, 3.63) is 6.33 Å². The Kier molecular flexibility index (Phi) is 0.913. The van der Waals surface area contributed by atoms with Crippen LogP contribution in [0.1, 0.15) is 6.42 Å². The molecular formula is C5H6N3O. The third-order valence-electron chi connectivity index (χ3n) is 1.28. The molecule has 0 fully saturated rings. The monoisotopic (exact) mass is 124 g/mol. The SMILES string of the molecule is [c]1nc2n(n1)CCCO2. The van der Waals surface area contributed by atoms with Crippen LogP contribution in [-0.2, 0) is 6.54 Å². The molecule has 2 heterocycles. The number of rotatable bonds is 0. The Bertz CT molecular complexity index is 187. The Labute approximate surface area is 52.5 Å². The van der Waals surface area contributed by atoms with Gasteiger partial charge in [-0.05, 0) is 0 Å². The van der Waals surface area contributed by atoms with E-state index in [0.29, 0.717) is 6.01 Å². The van der Waals surface area contributed by atoms with E-state index in [0.717, 1.165) is 19.6 Å². The van der Waals surface area contributed by atoms with E-state index in [9.17, 15) is 0 Å². The van der Waals surface area contributed by atoms with Gasteiger partial charge in [0, 0.05) is 13.0 Å². The Hall–Kier alpha value is -1.06. The van der Waals surface area contributed by atoms with Gasteiger partial charge in [0.1, 0.15) is 0 Å². The van der Waals surface area contributed by atoms with Crippen molar-refractivity contribution in [3.63, 3.8) is 0 Å². The Morgan fingerprint density at radius 3 is 3.56 bits per heavy atom. The van der Waals surface area contributed by atoms with Crippen LogP contribution in [0.5, 0.6) is 6.01 Å². The summed E-state index contributed by atoms with van der Waals surface area (Å²) in [6.45, 7) is 1.67. The van der Waals surface area contributed by atoms with Crippen molar-refractivity contribution in [2.24, 2.45) is 0 Å². The van der Waals surface area contributed by atoms with Crippen LogP contribution < -0.4 is 4.74 Å². The minimum absolute atomic E-state index is 0.598. The summed E-state index contributed by atoms with van der Waals surface area (Å²) in [7, 11) is 0. The summed E-state index contributed by atoms with van der Waals surface area (Å²) < 4.78 is 6.83. The molecule has 0 bridgehead atoms. The average Bonchev–Trinajstić information content (AvgIpc) is 2.33. The van der Waals surface area contributed by atoms with Crippen LogP contribution >= 0.6 is 0 Å². The summed E-state index contributed by atoms with van der Waals surface area (Å²) in [6.07, 6.45) is 3.50. The Morgan fingerprint density at radius 1 is 1.67 bits per heavy atom. The third kappa shape index (κ3) is 0.667. The van der Waals surface area contributed by atoms with Gasteiger partial charge in [0.15, 0.2) is 0 Å². The van der Waals surface area contributed by atoms with Crippen LogP contribution in [0.25, 0.3) is 0 Å². The summed E-state index contributed by atoms with van der Waals surface area (Å²) >= 11 is 0. The molecule has 0 saturated carbocycles. The van der Waals surface area contributed by atoms with Crippen LogP contribution in [0.15, 0.2) is 0 Å². The van der Waals surface area contributed by atoms with Gasteiger partial charge in [0.2, 0.25) is 6.33 Å². The maximum absolute atomic E-state index is 5.12. The summed E-state index contributed by atoms with van der Waals surface area (Å²) in [6, 6.07) is 0.598. The second kappa shape index (κ2) is 1.72. The molecule has 0 atom stereocenters. The number of nitrogens with zero attached hydrogens (tertiary/aromatic N) is 3. The van der Waals surface area contributed by atoms with Gasteiger partial charge >= 0.3 is 6.01 Å². The lowest BCUT2D eigenvalue weighted by molar-refractivity contribution is 0.221. The quantitative estimate of drug-likeness (QED) is 0.483. The van der Waals surface area contributed by atoms with Crippen LogP contribution in [0.4, 0.5) is 0 Å². The molecule has 47 valence electrons. The molecular weight excluding hydrogens is 118 g/mol. The fourth-order valence-electron chi connectivity index (χ4n) is 0.850. The molecule has 4 nitrogen and oxygen atoms in total. The lowest BCUT2D eigenvalue weighted by Gasteiger charge is -2.11. The first-order valence-electron chi connectivity index (χ1n) is 2.90. The Morgan fingerprint density at radius 2 is 2.67 bits per heavy atom. The van der Waals surface area contributed by atoms with Gasteiger partial charge in [-0.1, -0.05) is 0 Å². The smallest absolute Gasteiger partial charge is 0.315 e. The van der Waals surface area contributed by atoms with Gasteiger partial charge in [-0.15, -0.1) is 5.10 Å². The molecule has 4 heteroatoms. The molecule has 9 heavy (non-hydrogen) atoms. The molecule has 0 aliphatic carbocycles. The van der Waals surface area contributed by atoms with E-state index in [-0.39, 0.29) is 0 Å². The predicted molar refractivity (Wildman–Crippen MR) is 29.0 cm³/mol. The van der Waals surface area contributed by atoms with Crippen LogP contribution in [0.3, 0.4) is 0 Å². The standard InChI is InChI=1S/C5H6N3O/c1-2-8-5(9-3-1)6-4-7-8/h1-3H2. The van der Waals surface area contributed by atoms with Gasteiger partial charge in [0.25, 0.3) is 0 Å². The first kappa shape index (κ1) is 4.78. The zero-order valence-electron chi connectivity index (χ0n) is 4.87. The van der Waals surface area contributed by atoms with Crippen molar-refractivity contribution < 1.29 is 4.74 Å². The fraction of sp³-hybridized carbons (Fsp3) is 0.600.